The van der Waals surface area contributed by atoms with Crippen LogP contribution in [-0.4, -0.2) is 22.9 Å². The Kier molecular flexibility index (Phi) is 2.96. The number of ketones is 1. The lowest BCUT2D eigenvalue weighted by Gasteiger charge is -2.13. The first-order valence-corrected chi connectivity index (χ1v) is 5.70. The molecule has 1 aliphatic heterocycles. The minimum Gasteiger partial charge on any atom is -0.462 e. The van der Waals surface area contributed by atoms with E-state index in [1.807, 2.05) is 6.20 Å². The summed E-state index contributed by atoms with van der Waals surface area (Å²) in [6.07, 6.45) is 3.41. The fraction of sp³-hybridized carbons (Fsp3) is 0.273. The maximum atomic E-state index is 11.9. The number of carbonyl (C=O) groups is 2. The topological polar surface area (TPSA) is 48.3 Å². The average molecular weight is 284 g/mol. The number of carbonyl (C=O) groups excluding carboxylic acids is 2. The SMILES string of the molecule is CCOC(=O)C1=CCn2cc(Br)cc2C1=O. The molecule has 1 aliphatic rings. The Morgan fingerprint density at radius 2 is 2.38 bits per heavy atom. The molecule has 1 aromatic heterocycles. The highest BCUT2D eigenvalue weighted by Crippen LogP contribution is 2.22. The van der Waals surface area contributed by atoms with Gasteiger partial charge in [-0.25, -0.2) is 4.79 Å². The largest absolute Gasteiger partial charge is 0.462 e. The van der Waals surface area contributed by atoms with Crippen LogP contribution in [0.1, 0.15) is 17.4 Å². The second-order valence-corrected chi connectivity index (χ2v) is 4.28. The molecule has 1 aromatic rings. The summed E-state index contributed by atoms with van der Waals surface area (Å²) in [6.45, 7) is 2.50. The average Bonchev–Trinajstić information content (AvgIpc) is 2.60. The van der Waals surface area contributed by atoms with Gasteiger partial charge in [-0.05, 0) is 35.0 Å². The number of ether oxygens (including phenoxy) is 1. The highest BCUT2D eigenvalue weighted by molar-refractivity contribution is 9.10. The number of halogens is 1. The first-order valence-electron chi connectivity index (χ1n) is 4.91. The molecular weight excluding hydrogens is 274 g/mol. The van der Waals surface area contributed by atoms with Crippen LogP contribution >= 0.6 is 15.9 Å². The van der Waals surface area contributed by atoms with Gasteiger partial charge in [0.15, 0.2) is 0 Å². The predicted molar refractivity (Wildman–Crippen MR) is 61.2 cm³/mol. The zero-order valence-corrected chi connectivity index (χ0v) is 10.3. The lowest BCUT2D eigenvalue weighted by atomic mass is 10.1. The number of Topliss-reactive ketones (excluding diaryl/α,β-unsaturated/α-hetero) is 1. The summed E-state index contributed by atoms with van der Waals surface area (Å²) in [5.41, 5.74) is 0.636. The van der Waals surface area contributed by atoms with E-state index >= 15 is 0 Å². The van der Waals surface area contributed by atoms with Crippen molar-refractivity contribution in [1.29, 1.82) is 0 Å². The molecular formula is C11H10BrNO3. The van der Waals surface area contributed by atoms with Crippen molar-refractivity contribution in [2.75, 3.05) is 6.61 Å². The van der Waals surface area contributed by atoms with Crippen molar-refractivity contribution >= 4 is 27.7 Å². The van der Waals surface area contributed by atoms with Crippen LogP contribution in [0.25, 0.3) is 0 Å². The van der Waals surface area contributed by atoms with E-state index in [1.54, 1.807) is 23.6 Å². The molecule has 2 rings (SSSR count). The van der Waals surface area contributed by atoms with Crippen LogP contribution in [0, 0.1) is 0 Å². The fourth-order valence-corrected chi connectivity index (χ4v) is 2.09. The molecule has 0 saturated heterocycles. The molecule has 0 aliphatic carbocycles. The summed E-state index contributed by atoms with van der Waals surface area (Å²) in [5.74, 6) is -0.827. The third kappa shape index (κ3) is 1.82. The van der Waals surface area contributed by atoms with E-state index in [-0.39, 0.29) is 18.0 Å². The van der Waals surface area contributed by atoms with Crippen molar-refractivity contribution in [3.63, 3.8) is 0 Å². The Bertz CT molecular complexity index is 487. The van der Waals surface area contributed by atoms with Crippen molar-refractivity contribution in [3.05, 3.63) is 34.1 Å². The molecule has 0 saturated carbocycles. The van der Waals surface area contributed by atoms with Crippen molar-refractivity contribution < 1.29 is 14.3 Å². The lowest BCUT2D eigenvalue weighted by Crippen LogP contribution is -2.23. The third-order valence-electron chi connectivity index (χ3n) is 2.33. The molecule has 4 nitrogen and oxygen atoms in total. The first kappa shape index (κ1) is 11.1. The molecule has 0 radical (unpaired) electrons. The number of hydrogen-bond acceptors (Lipinski definition) is 3. The van der Waals surface area contributed by atoms with Crippen LogP contribution in [0.2, 0.25) is 0 Å². The van der Waals surface area contributed by atoms with Crippen molar-refractivity contribution in [3.8, 4) is 0 Å². The first-order chi connectivity index (χ1) is 7.63. The number of aromatic nitrogens is 1. The quantitative estimate of drug-likeness (QED) is 0.616. The molecule has 5 heteroatoms. The van der Waals surface area contributed by atoms with Gasteiger partial charge < -0.3 is 9.30 Å². The van der Waals surface area contributed by atoms with Crippen molar-refractivity contribution in [1.82, 2.24) is 4.57 Å². The minimum atomic E-state index is -0.545. The molecule has 84 valence electrons. The molecule has 2 heterocycles. The number of fused-ring (bicyclic) bond motifs is 1. The van der Waals surface area contributed by atoms with Gasteiger partial charge in [-0.3, -0.25) is 4.79 Å². The van der Waals surface area contributed by atoms with Crippen LogP contribution in [0.3, 0.4) is 0 Å². The molecule has 0 amide bonds. The predicted octanol–water partition coefficient (Wildman–Crippen LogP) is 1.94. The molecule has 0 spiro atoms. The summed E-state index contributed by atoms with van der Waals surface area (Å²) < 4.78 is 7.44. The number of rotatable bonds is 2. The van der Waals surface area contributed by atoms with Gasteiger partial charge in [0.05, 0.1) is 12.3 Å². The van der Waals surface area contributed by atoms with Gasteiger partial charge in [0.25, 0.3) is 0 Å². The number of hydrogen-bond donors (Lipinski definition) is 0. The summed E-state index contributed by atoms with van der Waals surface area (Å²) in [4.78, 5) is 23.4. The second kappa shape index (κ2) is 4.25. The Balaban J connectivity index is 2.30. The van der Waals surface area contributed by atoms with Crippen LogP contribution in [0.4, 0.5) is 0 Å². The van der Waals surface area contributed by atoms with E-state index in [2.05, 4.69) is 15.9 Å². The fourth-order valence-electron chi connectivity index (χ4n) is 1.62. The molecule has 0 bridgehead atoms. The standard InChI is InChI=1S/C11H10BrNO3/c1-2-16-11(15)8-3-4-13-6-7(12)5-9(13)10(8)14/h3,5-6H,2,4H2,1H3. The van der Waals surface area contributed by atoms with E-state index in [4.69, 9.17) is 4.74 Å². The van der Waals surface area contributed by atoms with Gasteiger partial charge in [0, 0.05) is 17.2 Å². The van der Waals surface area contributed by atoms with Gasteiger partial charge >= 0.3 is 5.97 Å². The lowest BCUT2D eigenvalue weighted by molar-refractivity contribution is -0.138. The molecule has 0 atom stereocenters. The third-order valence-corrected chi connectivity index (χ3v) is 2.76. The van der Waals surface area contributed by atoms with Crippen LogP contribution < -0.4 is 0 Å². The molecule has 0 fully saturated rings. The normalized spacial score (nSPS) is 14.4. The van der Waals surface area contributed by atoms with Crippen LogP contribution in [0.15, 0.2) is 28.4 Å². The highest BCUT2D eigenvalue weighted by Gasteiger charge is 2.26. The van der Waals surface area contributed by atoms with E-state index < -0.39 is 5.97 Å². The molecule has 0 unspecified atom stereocenters. The maximum absolute atomic E-state index is 11.9. The molecule has 0 aromatic carbocycles. The van der Waals surface area contributed by atoms with Gasteiger partial charge in [-0.1, -0.05) is 0 Å². The van der Waals surface area contributed by atoms with Crippen molar-refractivity contribution in [2.45, 2.75) is 13.5 Å². The Morgan fingerprint density at radius 1 is 1.62 bits per heavy atom. The smallest absolute Gasteiger partial charge is 0.341 e. The maximum Gasteiger partial charge on any atom is 0.341 e. The zero-order chi connectivity index (χ0) is 11.7. The van der Waals surface area contributed by atoms with Gasteiger partial charge in [0.2, 0.25) is 5.78 Å². The van der Waals surface area contributed by atoms with Crippen LogP contribution in [-0.2, 0) is 16.1 Å². The monoisotopic (exact) mass is 283 g/mol. The number of esters is 1. The minimum absolute atomic E-state index is 0.125. The van der Waals surface area contributed by atoms with Gasteiger partial charge in [0.1, 0.15) is 5.57 Å². The van der Waals surface area contributed by atoms with Gasteiger partial charge in [-0.2, -0.15) is 0 Å². The highest BCUT2D eigenvalue weighted by atomic mass is 79.9. The van der Waals surface area contributed by atoms with Crippen molar-refractivity contribution in [2.24, 2.45) is 0 Å². The van der Waals surface area contributed by atoms with Gasteiger partial charge in [-0.15, -0.1) is 0 Å². The summed E-state index contributed by atoms with van der Waals surface area (Å²) >= 11 is 3.30. The van der Waals surface area contributed by atoms with E-state index in [0.29, 0.717) is 12.2 Å². The number of nitrogens with zero attached hydrogens (tertiary/aromatic N) is 1. The second-order valence-electron chi connectivity index (χ2n) is 3.36. The Labute approximate surface area is 101 Å². The van der Waals surface area contributed by atoms with E-state index in [9.17, 15) is 9.59 Å². The van der Waals surface area contributed by atoms with E-state index in [1.165, 1.54) is 0 Å². The summed E-state index contributed by atoms with van der Waals surface area (Å²) in [6, 6.07) is 1.70. The number of allylic oxidation sites excluding steroid dienone is 1. The van der Waals surface area contributed by atoms with Crippen LogP contribution in [0.5, 0.6) is 0 Å². The molecule has 0 N–H and O–H groups in total. The van der Waals surface area contributed by atoms with E-state index in [0.717, 1.165) is 4.47 Å². The zero-order valence-electron chi connectivity index (χ0n) is 8.70. The summed E-state index contributed by atoms with van der Waals surface area (Å²) in [5, 5.41) is 0. The Hall–Kier alpha value is -1.36. The summed E-state index contributed by atoms with van der Waals surface area (Å²) in [7, 11) is 0. The Morgan fingerprint density at radius 3 is 3.06 bits per heavy atom. The molecule has 16 heavy (non-hydrogen) atoms.